The van der Waals surface area contributed by atoms with Crippen LogP contribution in [0.1, 0.15) is 37.8 Å². The maximum absolute atomic E-state index is 13.2. The summed E-state index contributed by atoms with van der Waals surface area (Å²) >= 11 is 6.28. The number of hydrogen-bond acceptors (Lipinski definition) is 4. The Labute approximate surface area is 201 Å². The van der Waals surface area contributed by atoms with Crippen LogP contribution >= 0.6 is 11.6 Å². The van der Waals surface area contributed by atoms with E-state index >= 15 is 0 Å². The number of carbonyl (C=O) groups is 2. The molecule has 0 aliphatic carbocycles. The molecule has 0 aliphatic heterocycles. The number of carbonyl (C=O) groups excluding carboxylic acids is 2. The molecule has 1 N–H and O–H groups in total. The molecule has 0 spiro atoms. The van der Waals surface area contributed by atoms with Gasteiger partial charge in [-0.05, 0) is 56.5 Å². The van der Waals surface area contributed by atoms with E-state index in [2.05, 4.69) is 5.32 Å². The Kier molecular flexibility index (Phi) is 9.73. The summed E-state index contributed by atoms with van der Waals surface area (Å²) in [6.07, 6.45) is 1.55. The lowest BCUT2D eigenvalue weighted by Gasteiger charge is -2.29. The molecule has 0 saturated heterocycles. The average molecular weight is 494 g/mol. The first-order valence-electron chi connectivity index (χ1n) is 10.9. The second kappa shape index (κ2) is 12.0. The molecule has 7 nitrogen and oxygen atoms in total. The summed E-state index contributed by atoms with van der Waals surface area (Å²) < 4.78 is 26.0. The summed E-state index contributed by atoms with van der Waals surface area (Å²) in [5.41, 5.74) is 2.24. The number of anilines is 1. The van der Waals surface area contributed by atoms with Gasteiger partial charge in [0.05, 0.1) is 11.9 Å². The minimum atomic E-state index is -3.52. The summed E-state index contributed by atoms with van der Waals surface area (Å²) in [4.78, 5) is 27.1. The monoisotopic (exact) mass is 493 g/mol. The van der Waals surface area contributed by atoms with Crippen LogP contribution < -0.4 is 9.62 Å². The topological polar surface area (TPSA) is 86.8 Å². The normalized spacial score (nSPS) is 12.2. The van der Waals surface area contributed by atoms with E-state index in [0.717, 1.165) is 17.4 Å². The number of rotatable bonds is 11. The van der Waals surface area contributed by atoms with Crippen LogP contribution in [-0.4, -0.2) is 50.5 Å². The number of nitrogens with zero attached hydrogens (tertiary/aromatic N) is 2. The van der Waals surface area contributed by atoms with E-state index in [9.17, 15) is 18.0 Å². The molecule has 0 unspecified atom stereocenters. The zero-order chi connectivity index (χ0) is 24.6. The number of aryl methyl sites for hydroxylation is 1. The molecule has 2 amide bonds. The van der Waals surface area contributed by atoms with E-state index in [0.29, 0.717) is 23.7 Å². The molecule has 180 valence electrons. The highest BCUT2D eigenvalue weighted by Gasteiger charge is 2.26. The molecule has 2 aromatic rings. The second-order valence-corrected chi connectivity index (χ2v) is 10.3. The van der Waals surface area contributed by atoms with Crippen LogP contribution in [0.5, 0.6) is 0 Å². The van der Waals surface area contributed by atoms with Gasteiger partial charge in [-0.3, -0.25) is 13.9 Å². The lowest BCUT2D eigenvalue weighted by Crippen LogP contribution is -2.47. The number of benzene rings is 2. The SMILES string of the molecule is CCNC(=O)[C@@H](C)N(Cc1ccccc1Cl)C(=O)CCCN(c1cccc(C)c1)S(C)(=O)=O. The number of halogens is 1. The lowest BCUT2D eigenvalue weighted by molar-refractivity contribution is -0.140. The van der Waals surface area contributed by atoms with Crippen molar-refractivity contribution in [2.45, 2.75) is 46.2 Å². The molecular weight excluding hydrogens is 462 g/mol. The largest absolute Gasteiger partial charge is 0.355 e. The van der Waals surface area contributed by atoms with Gasteiger partial charge in [0.15, 0.2) is 0 Å². The van der Waals surface area contributed by atoms with Crippen molar-refractivity contribution in [3.05, 3.63) is 64.7 Å². The van der Waals surface area contributed by atoms with E-state index in [1.54, 1.807) is 37.3 Å². The lowest BCUT2D eigenvalue weighted by atomic mass is 10.1. The van der Waals surface area contributed by atoms with Crippen molar-refractivity contribution in [3.63, 3.8) is 0 Å². The standard InChI is InChI=1S/C24H32ClN3O4S/c1-5-26-24(30)19(3)27(17-20-11-6-7-13-22(20)25)23(29)14-9-15-28(33(4,31)32)21-12-8-10-18(2)16-21/h6-8,10-13,16,19H,5,9,14-15,17H2,1-4H3,(H,26,30)/t19-/m1/s1. The molecule has 33 heavy (non-hydrogen) atoms. The molecule has 1 atom stereocenters. The maximum Gasteiger partial charge on any atom is 0.242 e. The van der Waals surface area contributed by atoms with E-state index < -0.39 is 16.1 Å². The Morgan fingerprint density at radius 2 is 1.82 bits per heavy atom. The van der Waals surface area contributed by atoms with Gasteiger partial charge in [0.25, 0.3) is 0 Å². The minimum absolute atomic E-state index is 0.0893. The van der Waals surface area contributed by atoms with Crippen LogP contribution in [0, 0.1) is 6.92 Å². The van der Waals surface area contributed by atoms with Crippen molar-refractivity contribution >= 4 is 39.1 Å². The molecule has 9 heteroatoms. The molecule has 2 rings (SSSR count). The van der Waals surface area contributed by atoms with Crippen LogP contribution in [0.25, 0.3) is 0 Å². The van der Waals surface area contributed by atoms with Gasteiger partial charge in [-0.2, -0.15) is 0 Å². The van der Waals surface area contributed by atoms with Gasteiger partial charge >= 0.3 is 0 Å². The number of nitrogens with one attached hydrogen (secondary N) is 1. The molecular formula is C24H32ClN3O4S. The third-order valence-corrected chi connectivity index (χ3v) is 6.82. The summed E-state index contributed by atoms with van der Waals surface area (Å²) in [5, 5.41) is 3.26. The van der Waals surface area contributed by atoms with Gasteiger partial charge in [-0.15, -0.1) is 0 Å². The van der Waals surface area contributed by atoms with Crippen molar-refractivity contribution in [3.8, 4) is 0 Å². The van der Waals surface area contributed by atoms with Gasteiger partial charge in [0.2, 0.25) is 21.8 Å². The van der Waals surface area contributed by atoms with Gasteiger partial charge in [0, 0.05) is 31.1 Å². The predicted molar refractivity (Wildman–Crippen MR) is 133 cm³/mol. The zero-order valence-corrected chi connectivity index (χ0v) is 21.1. The first-order chi connectivity index (χ1) is 15.5. The fraction of sp³-hybridized carbons (Fsp3) is 0.417. The molecule has 2 aromatic carbocycles. The highest BCUT2D eigenvalue weighted by Crippen LogP contribution is 2.22. The fourth-order valence-corrected chi connectivity index (χ4v) is 4.65. The van der Waals surface area contributed by atoms with Crippen molar-refractivity contribution in [1.29, 1.82) is 0 Å². The Morgan fingerprint density at radius 1 is 1.12 bits per heavy atom. The summed E-state index contributed by atoms with van der Waals surface area (Å²) in [5.74, 6) is -0.498. The van der Waals surface area contributed by atoms with Crippen LogP contribution in [0.4, 0.5) is 5.69 Å². The van der Waals surface area contributed by atoms with E-state index in [-0.39, 0.29) is 31.3 Å². The Bertz CT molecular complexity index is 1070. The molecule has 0 heterocycles. The second-order valence-electron chi connectivity index (χ2n) is 7.96. The Morgan fingerprint density at radius 3 is 2.42 bits per heavy atom. The van der Waals surface area contributed by atoms with Crippen LogP contribution in [-0.2, 0) is 26.2 Å². The van der Waals surface area contributed by atoms with Gasteiger partial charge < -0.3 is 10.2 Å². The quantitative estimate of drug-likeness (QED) is 0.516. The van der Waals surface area contributed by atoms with Gasteiger partial charge in [-0.25, -0.2) is 8.42 Å². The van der Waals surface area contributed by atoms with Crippen LogP contribution in [0.3, 0.4) is 0 Å². The molecule has 0 fully saturated rings. The first-order valence-corrected chi connectivity index (χ1v) is 13.1. The fourth-order valence-electron chi connectivity index (χ4n) is 3.50. The molecule has 0 aromatic heterocycles. The van der Waals surface area contributed by atoms with E-state index in [4.69, 9.17) is 11.6 Å². The minimum Gasteiger partial charge on any atom is -0.355 e. The smallest absolute Gasteiger partial charge is 0.242 e. The van der Waals surface area contributed by atoms with E-state index in [1.807, 2.05) is 32.0 Å². The van der Waals surface area contributed by atoms with Crippen molar-refractivity contribution in [2.24, 2.45) is 0 Å². The maximum atomic E-state index is 13.2. The summed E-state index contributed by atoms with van der Waals surface area (Å²) in [6, 6.07) is 13.7. The number of sulfonamides is 1. The van der Waals surface area contributed by atoms with Crippen molar-refractivity contribution < 1.29 is 18.0 Å². The highest BCUT2D eigenvalue weighted by molar-refractivity contribution is 7.92. The third kappa shape index (κ3) is 7.75. The molecule has 0 bridgehead atoms. The van der Waals surface area contributed by atoms with Crippen LogP contribution in [0.2, 0.25) is 5.02 Å². The van der Waals surface area contributed by atoms with Crippen molar-refractivity contribution in [1.82, 2.24) is 10.2 Å². The molecule has 0 aliphatic rings. The van der Waals surface area contributed by atoms with Crippen molar-refractivity contribution in [2.75, 3.05) is 23.7 Å². The zero-order valence-electron chi connectivity index (χ0n) is 19.5. The first kappa shape index (κ1) is 26.7. The molecule has 0 radical (unpaired) electrons. The molecule has 0 saturated carbocycles. The Hall–Kier alpha value is -2.58. The Balaban J connectivity index is 2.16. The van der Waals surface area contributed by atoms with E-state index in [1.165, 1.54) is 9.21 Å². The van der Waals surface area contributed by atoms with Crippen LogP contribution in [0.15, 0.2) is 48.5 Å². The number of amides is 2. The third-order valence-electron chi connectivity index (χ3n) is 5.26. The highest BCUT2D eigenvalue weighted by atomic mass is 35.5. The summed E-state index contributed by atoms with van der Waals surface area (Å²) in [6.45, 7) is 6.18. The summed E-state index contributed by atoms with van der Waals surface area (Å²) in [7, 11) is -3.52. The van der Waals surface area contributed by atoms with Gasteiger partial charge in [0.1, 0.15) is 6.04 Å². The average Bonchev–Trinajstić information content (AvgIpc) is 2.74. The predicted octanol–water partition coefficient (Wildman–Crippen LogP) is 3.75. The number of hydrogen-bond donors (Lipinski definition) is 1. The van der Waals surface area contributed by atoms with Gasteiger partial charge in [-0.1, -0.05) is 41.9 Å². The number of likely N-dealkylation sites (N-methyl/N-ethyl adjacent to an activating group) is 1.